The van der Waals surface area contributed by atoms with Crippen LogP contribution in [0.1, 0.15) is 5.69 Å². The number of hydrogen-bond acceptors (Lipinski definition) is 3. The first-order chi connectivity index (χ1) is 8.52. The highest BCUT2D eigenvalue weighted by Crippen LogP contribution is 2.28. The number of aromatic amines is 1. The largest absolute Gasteiger partial charge is 0.496 e. The Hall–Kier alpha value is -0.890. The van der Waals surface area contributed by atoms with Crippen LogP contribution in [-0.4, -0.2) is 17.1 Å². The zero-order valence-electron chi connectivity index (χ0n) is 9.75. The van der Waals surface area contributed by atoms with Crippen molar-refractivity contribution in [3.8, 4) is 17.1 Å². The number of benzene rings is 1. The number of aromatic nitrogens is 2. The lowest BCUT2D eigenvalue weighted by Crippen LogP contribution is -2.14. The summed E-state index contributed by atoms with van der Waals surface area (Å²) in [7, 11) is 1.61. The van der Waals surface area contributed by atoms with Crippen LogP contribution >= 0.6 is 38.5 Å². The lowest BCUT2D eigenvalue weighted by atomic mass is 10.2. The second-order valence-electron chi connectivity index (χ2n) is 3.66. The summed E-state index contributed by atoms with van der Waals surface area (Å²) >= 11 is 5.40. The van der Waals surface area contributed by atoms with Gasteiger partial charge >= 0.3 is 0 Å². The summed E-state index contributed by atoms with van der Waals surface area (Å²) < 4.78 is 6.60. The molecule has 0 saturated carbocycles. The number of aryl methyl sites for hydroxylation is 1. The average molecular weight is 421 g/mol. The van der Waals surface area contributed by atoms with Crippen molar-refractivity contribution < 1.29 is 4.74 Å². The van der Waals surface area contributed by atoms with E-state index in [9.17, 15) is 4.79 Å². The highest BCUT2D eigenvalue weighted by molar-refractivity contribution is 14.1. The molecule has 0 aliphatic rings. The van der Waals surface area contributed by atoms with Crippen molar-refractivity contribution in [1.29, 1.82) is 0 Å². The predicted octanol–water partition coefficient (Wildman–Crippen LogP) is 3.12. The molecular weight excluding hydrogens is 411 g/mol. The third-order valence-electron chi connectivity index (χ3n) is 2.45. The first kappa shape index (κ1) is 13.5. The van der Waals surface area contributed by atoms with Crippen molar-refractivity contribution in [2.75, 3.05) is 7.11 Å². The summed E-state index contributed by atoms with van der Waals surface area (Å²) in [5, 5.41) is 0. The van der Waals surface area contributed by atoms with Crippen LogP contribution < -0.4 is 10.3 Å². The van der Waals surface area contributed by atoms with Crippen molar-refractivity contribution in [3.05, 3.63) is 42.3 Å². The Bertz CT molecular complexity index is 655. The van der Waals surface area contributed by atoms with Gasteiger partial charge in [0, 0.05) is 5.56 Å². The minimum Gasteiger partial charge on any atom is -0.496 e. The Balaban J connectivity index is 2.56. The molecule has 0 aliphatic heterocycles. The smallest absolute Gasteiger partial charge is 0.264 e. The topological polar surface area (TPSA) is 55.0 Å². The summed E-state index contributed by atoms with van der Waals surface area (Å²) in [6.45, 7) is 1.82. The zero-order valence-corrected chi connectivity index (χ0v) is 13.5. The van der Waals surface area contributed by atoms with E-state index in [1.165, 1.54) is 0 Å². The molecular formula is C12H10BrIN2O2. The number of methoxy groups -OCH3 is 1. The van der Waals surface area contributed by atoms with Gasteiger partial charge in [0.05, 0.1) is 20.8 Å². The molecule has 0 unspecified atom stereocenters. The molecule has 1 aromatic carbocycles. The highest BCUT2D eigenvalue weighted by atomic mass is 127. The third-order valence-corrected chi connectivity index (χ3v) is 4.34. The van der Waals surface area contributed by atoms with E-state index in [-0.39, 0.29) is 5.56 Å². The van der Waals surface area contributed by atoms with Crippen molar-refractivity contribution in [2.24, 2.45) is 0 Å². The molecule has 18 heavy (non-hydrogen) atoms. The molecule has 2 aromatic rings. The maximum atomic E-state index is 11.7. The van der Waals surface area contributed by atoms with Crippen LogP contribution in [0.15, 0.2) is 27.5 Å². The molecule has 2 rings (SSSR count). The Morgan fingerprint density at radius 2 is 2.17 bits per heavy atom. The van der Waals surface area contributed by atoms with Crippen LogP contribution in [0.25, 0.3) is 11.4 Å². The highest BCUT2D eigenvalue weighted by Gasteiger charge is 2.09. The van der Waals surface area contributed by atoms with Gasteiger partial charge in [-0.1, -0.05) is 0 Å². The Morgan fingerprint density at radius 3 is 2.72 bits per heavy atom. The Morgan fingerprint density at radius 1 is 1.44 bits per heavy atom. The lowest BCUT2D eigenvalue weighted by molar-refractivity contribution is 0.412. The fourth-order valence-electron chi connectivity index (χ4n) is 1.52. The van der Waals surface area contributed by atoms with E-state index in [0.717, 1.165) is 21.5 Å². The summed E-state index contributed by atoms with van der Waals surface area (Å²) in [5.41, 5.74) is 1.44. The van der Waals surface area contributed by atoms with Crippen LogP contribution in [0.4, 0.5) is 0 Å². The fourth-order valence-corrected chi connectivity index (χ4v) is 2.32. The normalized spacial score (nSPS) is 10.4. The van der Waals surface area contributed by atoms with Crippen LogP contribution in [0.5, 0.6) is 5.75 Å². The van der Waals surface area contributed by atoms with E-state index in [2.05, 4.69) is 25.9 Å². The molecule has 0 spiro atoms. The summed E-state index contributed by atoms with van der Waals surface area (Å²) in [6, 6.07) is 5.55. The monoisotopic (exact) mass is 420 g/mol. The van der Waals surface area contributed by atoms with Crippen LogP contribution in [-0.2, 0) is 0 Å². The van der Waals surface area contributed by atoms with E-state index in [0.29, 0.717) is 9.39 Å². The van der Waals surface area contributed by atoms with Gasteiger partial charge in [-0.3, -0.25) is 4.79 Å². The van der Waals surface area contributed by atoms with Gasteiger partial charge in [-0.15, -0.1) is 0 Å². The van der Waals surface area contributed by atoms with Gasteiger partial charge in [0.1, 0.15) is 11.6 Å². The van der Waals surface area contributed by atoms with Crippen LogP contribution in [0.2, 0.25) is 0 Å². The number of halogens is 2. The molecule has 0 atom stereocenters. The van der Waals surface area contributed by atoms with Gasteiger partial charge in [0.15, 0.2) is 0 Å². The van der Waals surface area contributed by atoms with E-state index < -0.39 is 0 Å². The molecule has 1 heterocycles. The fraction of sp³-hybridized carbons (Fsp3) is 0.167. The lowest BCUT2D eigenvalue weighted by Gasteiger charge is -2.07. The molecule has 1 aromatic heterocycles. The number of nitrogens with zero attached hydrogens (tertiary/aromatic N) is 1. The molecule has 0 amide bonds. The molecule has 0 aliphatic carbocycles. The van der Waals surface area contributed by atoms with Crippen molar-refractivity contribution in [2.45, 2.75) is 6.92 Å². The average Bonchev–Trinajstić information content (AvgIpc) is 2.35. The SMILES string of the molecule is COc1ccc(-c2nc(C)c(I)c(=O)[nH]2)cc1Br. The molecule has 6 heteroatoms. The molecule has 0 radical (unpaired) electrons. The molecule has 0 fully saturated rings. The number of hydrogen-bond donors (Lipinski definition) is 1. The van der Waals surface area contributed by atoms with E-state index in [1.807, 2.05) is 47.7 Å². The summed E-state index contributed by atoms with van der Waals surface area (Å²) in [5.74, 6) is 1.30. The molecule has 0 saturated heterocycles. The van der Waals surface area contributed by atoms with E-state index in [1.54, 1.807) is 7.11 Å². The summed E-state index contributed by atoms with van der Waals surface area (Å²) in [6.07, 6.45) is 0. The maximum Gasteiger partial charge on any atom is 0.264 e. The first-order valence-electron chi connectivity index (χ1n) is 5.13. The van der Waals surface area contributed by atoms with Gasteiger partial charge < -0.3 is 9.72 Å². The Kier molecular flexibility index (Phi) is 4.06. The standard InChI is InChI=1S/C12H10BrIN2O2/c1-6-10(14)12(17)16-11(15-6)7-3-4-9(18-2)8(13)5-7/h3-5H,1-2H3,(H,15,16,17). The van der Waals surface area contributed by atoms with Crippen molar-refractivity contribution in [1.82, 2.24) is 9.97 Å². The van der Waals surface area contributed by atoms with Crippen LogP contribution in [0, 0.1) is 10.5 Å². The zero-order chi connectivity index (χ0) is 13.3. The molecule has 94 valence electrons. The van der Waals surface area contributed by atoms with Gasteiger partial charge in [-0.25, -0.2) is 4.98 Å². The van der Waals surface area contributed by atoms with Crippen molar-refractivity contribution in [3.63, 3.8) is 0 Å². The summed E-state index contributed by atoms with van der Waals surface area (Å²) in [4.78, 5) is 18.8. The number of rotatable bonds is 2. The second-order valence-corrected chi connectivity index (χ2v) is 5.60. The Labute approximate surface area is 126 Å². The quantitative estimate of drug-likeness (QED) is 0.759. The maximum absolute atomic E-state index is 11.7. The van der Waals surface area contributed by atoms with Gasteiger partial charge in [0.25, 0.3) is 5.56 Å². The molecule has 4 nitrogen and oxygen atoms in total. The van der Waals surface area contributed by atoms with Gasteiger partial charge in [-0.2, -0.15) is 0 Å². The van der Waals surface area contributed by atoms with Gasteiger partial charge in [0.2, 0.25) is 0 Å². The third kappa shape index (κ3) is 2.59. The first-order valence-corrected chi connectivity index (χ1v) is 7.00. The number of ether oxygens (including phenoxy) is 1. The van der Waals surface area contributed by atoms with E-state index in [4.69, 9.17) is 4.74 Å². The van der Waals surface area contributed by atoms with Gasteiger partial charge in [-0.05, 0) is 63.6 Å². The number of nitrogens with one attached hydrogen (secondary N) is 1. The second kappa shape index (κ2) is 5.40. The molecule has 1 N–H and O–H groups in total. The molecule has 0 bridgehead atoms. The predicted molar refractivity (Wildman–Crippen MR) is 82.0 cm³/mol. The van der Waals surface area contributed by atoms with Crippen LogP contribution in [0.3, 0.4) is 0 Å². The minimum absolute atomic E-state index is 0.120. The van der Waals surface area contributed by atoms with Crippen molar-refractivity contribution >= 4 is 38.5 Å². The number of H-pyrrole nitrogens is 1. The minimum atomic E-state index is -0.120. The van der Waals surface area contributed by atoms with E-state index >= 15 is 0 Å².